The van der Waals surface area contributed by atoms with Gasteiger partial charge in [-0.05, 0) is 72.8 Å². The topological polar surface area (TPSA) is 272 Å². The number of rotatable bonds is 1. The molecule has 413 valence electrons. The summed E-state index contributed by atoms with van der Waals surface area (Å²) in [5, 5.41) is 18.8. The second kappa shape index (κ2) is 25.3. The van der Waals surface area contributed by atoms with Crippen molar-refractivity contribution in [2.45, 2.75) is 172 Å². The monoisotopic (exact) mass is 1130 g/mol. The van der Waals surface area contributed by atoms with Crippen molar-refractivity contribution < 1.29 is 50.8 Å². The number of nitrogens with zero attached hydrogens (tertiary/aromatic N) is 7. The van der Waals surface area contributed by atoms with Crippen molar-refractivity contribution in [3.05, 3.63) is 124 Å². The average molecular weight is 1130 g/mol. The van der Waals surface area contributed by atoms with Gasteiger partial charge in [-0.1, -0.05) is 157 Å². The van der Waals surface area contributed by atoms with Crippen molar-refractivity contribution in [1.82, 2.24) is 30.6 Å². The minimum atomic E-state index is -0.0732. The summed E-state index contributed by atoms with van der Waals surface area (Å²) in [6.07, 6.45) is 1.82. The fraction of sp³-hybridized carbons (Fsp3) is 0.433. The fourth-order valence-electron chi connectivity index (χ4n) is 7.99. The number of aromatic nitrogens is 6. The van der Waals surface area contributed by atoms with Gasteiger partial charge in [-0.15, -0.1) is 42.4 Å². The van der Waals surface area contributed by atoms with Crippen LogP contribution in [0.15, 0.2) is 77.8 Å². The first-order valence-electron chi connectivity index (χ1n) is 25.5. The van der Waals surface area contributed by atoms with Crippen LogP contribution in [0.25, 0.3) is 43.9 Å². The number of pyridine rings is 2. The molecule has 0 amide bonds. The van der Waals surface area contributed by atoms with Gasteiger partial charge in [0.1, 0.15) is 0 Å². The van der Waals surface area contributed by atoms with Crippen molar-refractivity contribution in [2.24, 2.45) is 10.7 Å². The smallest absolute Gasteiger partial charge is 0.191 e. The Bertz CT molecular complexity index is 3250. The number of hydrogen-bond acceptors (Lipinski definition) is 15. The molecule has 1 radical (unpaired) electrons. The molecule has 0 atom stereocenters. The van der Waals surface area contributed by atoms with Gasteiger partial charge < -0.3 is 51.8 Å². The number of amidine groups is 1. The molecule has 0 aliphatic rings. The van der Waals surface area contributed by atoms with Crippen LogP contribution in [0, 0.1) is 40.8 Å². The van der Waals surface area contributed by atoms with Crippen LogP contribution >= 0.6 is 0 Å². The summed E-state index contributed by atoms with van der Waals surface area (Å²) in [5.41, 5.74) is 42.0. The Hall–Kier alpha value is -6.52. The van der Waals surface area contributed by atoms with E-state index in [4.69, 9.17) is 46.8 Å². The van der Waals surface area contributed by atoms with Crippen molar-refractivity contribution in [1.29, 1.82) is 0 Å². The minimum Gasteiger partial charge on any atom is -0.423 e. The van der Waals surface area contributed by atoms with Crippen molar-refractivity contribution >= 4 is 73.0 Å². The van der Waals surface area contributed by atoms with Crippen LogP contribution in [0.5, 0.6) is 0 Å². The van der Waals surface area contributed by atoms with E-state index in [1.54, 1.807) is 0 Å². The van der Waals surface area contributed by atoms with Gasteiger partial charge in [0.15, 0.2) is 45.6 Å². The van der Waals surface area contributed by atoms with Crippen LogP contribution in [0.1, 0.15) is 174 Å². The van der Waals surface area contributed by atoms with Gasteiger partial charge in [-0.3, -0.25) is 9.97 Å². The quantitative estimate of drug-likeness (QED) is 0.0581. The molecule has 10 N–H and O–H groups in total. The molecule has 0 spiro atoms. The third-order valence-corrected chi connectivity index (χ3v) is 12.0. The molecule has 3 aromatic carbocycles. The van der Waals surface area contributed by atoms with E-state index in [0.29, 0.717) is 40.3 Å². The van der Waals surface area contributed by atoms with Gasteiger partial charge in [0.2, 0.25) is 0 Å². The van der Waals surface area contributed by atoms with Gasteiger partial charge in [0.05, 0.1) is 32.9 Å². The van der Waals surface area contributed by atoms with Crippen LogP contribution in [-0.4, -0.2) is 36.4 Å². The second-order valence-corrected chi connectivity index (χ2v) is 23.8. The van der Waals surface area contributed by atoms with E-state index in [2.05, 4.69) is 178 Å². The maximum absolute atomic E-state index is 5.78. The number of aryl methyl sites for hydroxylation is 4. The summed E-state index contributed by atoms with van der Waals surface area (Å²) < 4.78 is 21.1. The molecular formula is C60H84N12O4Y-2. The van der Waals surface area contributed by atoms with Crippen molar-refractivity contribution in [3.63, 3.8) is 0 Å². The van der Waals surface area contributed by atoms with Crippen LogP contribution in [0.4, 0.5) is 23.3 Å². The molecule has 0 aliphatic heterocycles. The third kappa shape index (κ3) is 15.8. The predicted molar refractivity (Wildman–Crippen MR) is 314 cm³/mol. The number of aliphatic imine (C=N–C) groups is 1. The van der Waals surface area contributed by atoms with Gasteiger partial charge in [-0.25, -0.2) is 0 Å². The summed E-state index contributed by atoms with van der Waals surface area (Å²) in [5.74, 6) is 2.25. The normalized spacial score (nSPS) is 12.0. The summed E-state index contributed by atoms with van der Waals surface area (Å²) in [6, 6.07) is 19.3. The van der Waals surface area contributed by atoms with Crippen LogP contribution in [0.2, 0.25) is 0 Å². The Morgan fingerprint density at radius 2 is 1.01 bits per heavy atom. The molecule has 0 aliphatic carbocycles. The molecule has 9 aromatic rings. The Morgan fingerprint density at radius 3 is 1.52 bits per heavy atom. The average Bonchev–Trinajstić information content (AvgIpc) is 4.11. The van der Waals surface area contributed by atoms with Gasteiger partial charge in [-0.2, -0.15) is 0 Å². The third-order valence-electron chi connectivity index (χ3n) is 12.0. The van der Waals surface area contributed by atoms with E-state index in [0.717, 1.165) is 83.2 Å². The van der Waals surface area contributed by atoms with E-state index in [1.165, 1.54) is 5.56 Å². The fourth-order valence-corrected chi connectivity index (χ4v) is 7.99. The van der Waals surface area contributed by atoms with Crippen LogP contribution in [0.3, 0.4) is 0 Å². The first-order chi connectivity index (χ1) is 35.1. The number of hydrogen-bond donors (Lipinski definition) is 5. The van der Waals surface area contributed by atoms with Gasteiger partial charge >= 0.3 is 0 Å². The zero-order chi connectivity index (χ0) is 57.6. The first kappa shape index (κ1) is 64.8. The molecule has 0 saturated carbocycles. The Kier molecular flexibility index (Phi) is 21.3. The van der Waals surface area contributed by atoms with Crippen molar-refractivity contribution in [2.75, 3.05) is 22.9 Å². The first-order valence-corrected chi connectivity index (χ1v) is 25.5. The second-order valence-electron chi connectivity index (χ2n) is 23.8. The SMILES string of the molecule is CC.Cc1cc(C(C)(C)C)c2onc(N)c2c1.Cc1cc2c(N)noc2c(C(C)(C)C)n1.Cc1ccc(C(C)(C)C)c2onc(N)c12.Cc1cnc(C(C)(C)C)c2onc(N)c12.[CH2-]N=C(N)c1[c-]c(C(C)(C)C)ccc1.[Y]. The van der Waals surface area contributed by atoms with Crippen LogP contribution in [-0.2, 0) is 59.8 Å². The molecule has 16 nitrogen and oxygen atoms in total. The number of nitrogens with two attached hydrogens (primary N) is 5. The van der Waals surface area contributed by atoms with Crippen molar-refractivity contribution in [3.8, 4) is 0 Å². The Morgan fingerprint density at radius 1 is 0.532 bits per heavy atom. The number of nitrogen functional groups attached to an aromatic ring is 4. The predicted octanol–water partition coefficient (Wildman–Crippen LogP) is 14.2. The largest absolute Gasteiger partial charge is 0.423 e. The summed E-state index contributed by atoms with van der Waals surface area (Å²) >= 11 is 0. The number of fused-ring (bicyclic) bond motifs is 4. The number of benzene rings is 3. The molecule has 6 aromatic heterocycles. The van der Waals surface area contributed by atoms with Gasteiger partial charge in [0, 0.05) is 72.4 Å². The van der Waals surface area contributed by atoms with E-state index >= 15 is 0 Å². The summed E-state index contributed by atoms with van der Waals surface area (Å²) in [4.78, 5) is 12.6. The Labute approximate surface area is 481 Å². The van der Waals surface area contributed by atoms with Crippen LogP contribution < -0.4 is 28.7 Å². The van der Waals surface area contributed by atoms with E-state index in [1.807, 2.05) is 71.1 Å². The molecule has 0 saturated heterocycles. The Balaban J connectivity index is 0.000000250. The number of anilines is 4. The van der Waals surface area contributed by atoms with E-state index in [-0.39, 0.29) is 59.8 Å². The molecular weight excluding hydrogens is 1040 g/mol. The van der Waals surface area contributed by atoms with E-state index in [9.17, 15) is 0 Å². The standard InChI is InChI=1S/2C12H16N2O.C12H16N2.2C11H15N3O.C2H6.Y/c1-7-5-8-10(15-14-11(8)13)9(6-7)12(2,3)4;1-7-5-6-8(12(2,3)4)10-9(7)11(13)14-15-10;1-12(2,3)10-7-5-6-9(8-10)11(13)14-4;1-6-5-13-9(11(2,3)4)8-7(6)10(12)14-15-8;1-6-5-7-8(15-14-10(7)12)9(13-6)11(2,3)4;1-2;/h2*5-6H,1-4H3,(H2,13,14);5-7H,4H2,1-3H3,(H2,13,14);2*5H,1-4H3,(H2,12,14);1-2H3;/q;;-2;;;;. The zero-order valence-corrected chi connectivity index (χ0v) is 52.5. The zero-order valence-electron chi connectivity index (χ0n) is 49.6. The molecule has 0 bridgehead atoms. The maximum Gasteiger partial charge on any atom is 0.191 e. The maximum atomic E-state index is 5.78. The molecule has 17 heteroatoms. The van der Waals surface area contributed by atoms with Gasteiger partial charge in [0.25, 0.3) is 0 Å². The molecule has 0 fully saturated rings. The van der Waals surface area contributed by atoms with E-state index < -0.39 is 0 Å². The molecule has 0 unspecified atom stereocenters. The minimum absolute atomic E-state index is 0. The summed E-state index contributed by atoms with van der Waals surface area (Å²) in [7, 11) is 3.40. The summed E-state index contributed by atoms with van der Waals surface area (Å²) in [6.45, 7) is 43.8. The molecule has 6 heterocycles. The molecule has 77 heavy (non-hydrogen) atoms. The molecule has 9 rings (SSSR count).